The number of aryl methyl sites for hydroxylation is 1. The molecule has 2 aromatic rings. The smallest absolute Gasteiger partial charge is 0.0951 e. The summed E-state index contributed by atoms with van der Waals surface area (Å²) in [6.45, 7) is 3.65. The SMILES string of the molecule is Cc1cccc(CN(C)C(CN)c2cncn2C2CC2)c1. The number of hydrogen-bond donors (Lipinski definition) is 1. The lowest BCUT2D eigenvalue weighted by molar-refractivity contribution is 0.232. The molecule has 0 radical (unpaired) electrons. The Kier molecular flexibility index (Phi) is 4.08. The van der Waals surface area contributed by atoms with Gasteiger partial charge in [-0.2, -0.15) is 0 Å². The van der Waals surface area contributed by atoms with Crippen LogP contribution in [0.25, 0.3) is 0 Å². The predicted octanol–water partition coefficient (Wildman–Crippen LogP) is 2.66. The van der Waals surface area contributed by atoms with Gasteiger partial charge in [0.05, 0.1) is 18.1 Å². The normalized spacial score (nSPS) is 16.4. The molecule has 1 fully saturated rings. The molecule has 1 unspecified atom stereocenters. The third-order valence-electron chi connectivity index (χ3n) is 4.25. The Bertz CT molecular complexity index is 600. The number of benzene rings is 1. The number of nitrogens with two attached hydrogens (primary N) is 1. The van der Waals surface area contributed by atoms with Gasteiger partial charge in [-0.3, -0.25) is 4.90 Å². The highest BCUT2D eigenvalue weighted by atomic mass is 15.2. The van der Waals surface area contributed by atoms with Crippen molar-refractivity contribution in [1.82, 2.24) is 14.5 Å². The number of imidazole rings is 1. The van der Waals surface area contributed by atoms with E-state index in [-0.39, 0.29) is 6.04 Å². The second-order valence-corrected chi connectivity index (χ2v) is 6.11. The first-order valence-corrected chi connectivity index (χ1v) is 7.66. The van der Waals surface area contributed by atoms with Crippen LogP contribution in [0.1, 0.15) is 41.7 Å². The fourth-order valence-electron chi connectivity index (χ4n) is 2.97. The minimum Gasteiger partial charge on any atom is -0.330 e. The average molecular weight is 284 g/mol. The molecule has 1 saturated carbocycles. The second-order valence-electron chi connectivity index (χ2n) is 6.11. The van der Waals surface area contributed by atoms with Crippen molar-refractivity contribution < 1.29 is 0 Å². The predicted molar refractivity (Wildman–Crippen MR) is 84.9 cm³/mol. The summed E-state index contributed by atoms with van der Waals surface area (Å²) in [5.74, 6) is 0. The lowest BCUT2D eigenvalue weighted by Gasteiger charge is -2.28. The van der Waals surface area contributed by atoms with Crippen LogP contribution in [0.15, 0.2) is 36.8 Å². The van der Waals surface area contributed by atoms with Crippen LogP contribution in [-0.4, -0.2) is 28.0 Å². The molecule has 4 heteroatoms. The van der Waals surface area contributed by atoms with Crippen LogP contribution in [0, 0.1) is 6.92 Å². The summed E-state index contributed by atoms with van der Waals surface area (Å²) < 4.78 is 2.31. The number of likely N-dealkylation sites (N-methyl/N-ethyl adjacent to an activating group) is 1. The van der Waals surface area contributed by atoms with E-state index in [1.54, 1.807) is 0 Å². The molecule has 0 saturated heterocycles. The summed E-state index contributed by atoms with van der Waals surface area (Å²) in [5, 5.41) is 0. The molecule has 0 bridgehead atoms. The first-order valence-electron chi connectivity index (χ1n) is 7.66. The van der Waals surface area contributed by atoms with Gasteiger partial charge in [0.15, 0.2) is 0 Å². The third-order valence-corrected chi connectivity index (χ3v) is 4.25. The van der Waals surface area contributed by atoms with E-state index in [1.807, 2.05) is 12.5 Å². The topological polar surface area (TPSA) is 47.1 Å². The van der Waals surface area contributed by atoms with Crippen molar-refractivity contribution in [1.29, 1.82) is 0 Å². The van der Waals surface area contributed by atoms with E-state index in [2.05, 4.69) is 52.7 Å². The van der Waals surface area contributed by atoms with E-state index in [0.29, 0.717) is 12.6 Å². The van der Waals surface area contributed by atoms with Crippen molar-refractivity contribution in [3.05, 3.63) is 53.6 Å². The molecule has 1 atom stereocenters. The second kappa shape index (κ2) is 6.00. The van der Waals surface area contributed by atoms with Gasteiger partial charge < -0.3 is 10.3 Å². The van der Waals surface area contributed by atoms with E-state index in [4.69, 9.17) is 5.73 Å². The summed E-state index contributed by atoms with van der Waals surface area (Å²) in [5.41, 5.74) is 9.93. The molecule has 3 rings (SSSR count). The average Bonchev–Trinajstić information content (AvgIpc) is 3.19. The van der Waals surface area contributed by atoms with Crippen LogP contribution >= 0.6 is 0 Å². The minimum atomic E-state index is 0.216. The standard InChI is InChI=1S/C17H24N4/c1-13-4-3-5-14(8-13)11-20(2)16(9-18)17-10-19-12-21(17)15-6-7-15/h3-5,8,10,12,15-16H,6-7,9,11,18H2,1-2H3. The van der Waals surface area contributed by atoms with Gasteiger partial charge in [-0.05, 0) is 32.4 Å². The Balaban J connectivity index is 1.77. The molecule has 0 aliphatic heterocycles. The third kappa shape index (κ3) is 3.17. The fraction of sp³-hybridized carbons (Fsp3) is 0.471. The molecular formula is C17H24N4. The first kappa shape index (κ1) is 14.3. The van der Waals surface area contributed by atoms with Gasteiger partial charge in [-0.25, -0.2) is 4.98 Å². The Morgan fingerprint density at radius 3 is 2.90 bits per heavy atom. The van der Waals surface area contributed by atoms with Gasteiger partial charge in [0, 0.05) is 25.3 Å². The molecule has 0 amide bonds. The molecule has 1 heterocycles. The number of hydrogen-bond acceptors (Lipinski definition) is 3. The minimum absolute atomic E-state index is 0.216. The van der Waals surface area contributed by atoms with E-state index >= 15 is 0 Å². The van der Waals surface area contributed by atoms with Crippen LogP contribution in [0.4, 0.5) is 0 Å². The molecule has 1 aromatic carbocycles. The maximum absolute atomic E-state index is 6.06. The van der Waals surface area contributed by atoms with Crippen LogP contribution < -0.4 is 5.73 Å². The summed E-state index contributed by atoms with van der Waals surface area (Å²) >= 11 is 0. The summed E-state index contributed by atoms with van der Waals surface area (Å²) in [7, 11) is 2.14. The molecular weight excluding hydrogens is 260 g/mol. The zero-order chi connectivity index (χ0) is 14.8. The van der Waals surface area contributed by atoms with E-state index in [0.717, 1.165) is 6.54 Å². The van der Waals surface area contributed by atoms with Crippen molar-refractivity contribution in [3.8, 4) is 0 Å². The van der Waals surface area contributed by atoms with Crippen molar-refractivity contribution in [2.45, 2.75) is 38.4 Å². The molecule has 1 aromatic heterocycles. The van der Waals surface area contributed by atoms with Crippen LogP contribution in [-0.2, 0) is 6.54 Å². The fourth-order valence-corrected chi connectivity index (χ4v) is 2.97. The monoisotopic (exact) mass is 284 g/mol. The van der Waals surface area contributed by atoms with Crippen molar-refractivity contribution in [2.24, 2.45) is 5.73 Å². The van der Waals surface area contributed by atoms with E-state index in [9.17, 15) is 0 Å². The molecule has 0 spiro atoms. The lowest BCUT2D eigenvalue weighted by atomic mass is 10.1. The summed E-state index contributed by atoms with van der Waals surface area (Å²) in [6, 6.07) is 9.52. The lowest BCUT2D eigenvalue weighted by Crippen LogP contribution is -2.31. The van der Waals surface area contributed by atoms with Crippen molar-refractivity contribution in [3.63, 3.8) is 0 Å². The van der Waals surface area contributed by atoms with Gasteiger partial charge in [0.1, 0.15) is 0 Å². The molecule has 1 aliphatic carbocycles. The molecule has 1 aliphatic rings. The molecule has 4 nitrogen and oxygen atoms in total. The molecule has 112 valence electrons. The van der Waals surface area contributed by atoms with Gasteiger partial charge in [0.25, 0.3) is 0 Å². The van der Waals surface area contributed by atoms with Crippen LogP contribution in [0.3, 0.4) is 0 Å². The largest absolute Gasteiger partial charge is 0.330 e. The van der Waals surface area contributed by atoms with Gasteiger partial charge in [0.2, 0.25) is 0 Å². The highest BCUT2D eigenvalue weighted by Gasteiger charge is 2.28. The number of rotatable bonds is 6. The quantitative estimate of drug-likeness (QED) is 0.887. The zero-order valence-corrected chi connectivity index (χ0v) is 12.9. The Morgan fingerprint density at radius 1 is 1.43 bits per heavy atom. The molecule has 21 heavy (non-hydrogen) atoms. The number of nitrogens with zero attached hydrogens (tertiary/aromatic N) is 3. The van der Waals surface area contributed by atoms with E-state index in [1.165, 1.54) is 29.7 Å². The summed E-state index contributed by atoms with van der Waals surface area (Å²) in [6.07, 6.45) is 6.46. The van der Waals surface area contributed by atoms with Gasteiger partial charge in [-0.1, -0.05) is 29.8 Å². The Morgan fingerprint density at radius 2 is 2.24 bits per heavy atom. The maximum atomic E-state index is 6.06. The first-order chi connectivity index (χ1) is 10.2. The van der Waals surface area contributed by atoms with Crippen LogP contribution in [0.2, 0.25) is 0 Å². The maximum Gasteiger partial charge on any atom is 0.0951 e. The summed E-state index contributed by atoms with van der Waals surface area (Å²) in [4.78, 5) is 6.66. The van der Waals surface area contributed by atoms with Crippen molar-refractivity contribution in [2.75, 3.05) is 13.6 Å². The van der Waals surface area contributed by atoms with Gasteiger partial charge in [-0.15, -0.1) is 0 Å². The van der Waals surface area contributed by atoms with Gasteiger partial charge >= 0.3 is 0 Å². The van der Waals surface area contributed by atoms with Crippen molar-refractivity contribution >= 4 is 0 Å². The number of aromatic nitrogens is 2. The molecule has 2 N–H and O–H groups in total. The Hall–Kier alpha value is -1.65. The van der Waals surface area contributed by atoms with E-state index < -0.39 is 0 Å². The highest BCUT2D eigenvalue weighted by molar-refractivity contribution is 5.22. The Labute approximate surface area is 126 Å². The zero-order valence-electron chi connectivity index (χ0n) is 12.9. The highest BCUT2D eigenvalue weighted by Crippen LogP contribution is 2.37. The van der Waals surface area contributed by atoms with Crippen LogP contribution in [0.5, 0.6) is 0 Å².